The number of alkyl halides is 3. The Balaban J connectivity index is 2.03. The molecule has 0 aromatic carbocycles. The van der Waals surface area contributed by atoms with E-state index in [1.54, 1.807) is 13.1 Å². The van der Waals surface area contributed by atoms with Crippen LogP contribution >= 0.6 is 0 Å². The summed E-state index contributed by atoms with van der Waals surface area (Å²) in [6, 6.07) is 1.03. The molecule has 9 heteroatoms. The number of nitrogens with one attached hydrogen (secondary N) is 1. The summed E-state index contributed by atoms with van der Waals surface area (Å²) in [7, 11) is 0. The third-order valence-corrected chi connectivity index (χ3v) is 3.15. The predicted molar refractivity (Wildman–Crippen MR) is 76.3 cm³/mol. The highest BCUT2D eigenvalue weighted by Gasteiger charge is 2.34. The lowest BCUT2D eigenvalue weighted by atomic mass is 10.2. The standard InChI is InChI=1S/C13H17F3N6/c1-3-9-7-19-12(17)20-11(9)18-4-5-22-8(2)6-10(21-22)13(14,15)16/h6-7H,3-5H2,1-2H3,(H3,17,18,19,20). The van der Waals surface area contributed by atoms with Crippen molar-refractivity contribution >= 4 is 11.8 Å². The molecule has 0 bridgehead atoms. The average Bonchev–Trinajstić information content (AvgIpc) is 2.81. The highest BCUT2D eigenvalue weighted by molar-refractivity contribution is 5.45. The minimum absolute atomic E-state index is 0.148. The molecule has 6 nitrogen and oxygen atoms in total. The van der Waals surface area contributed by atoms with Crippen molar-refractivity contribution in [1.29, 1.82) is 0 Å². The largest absolute Gasteiger partial charge is 0.435 e. The van der Waals surface area contributed by atoms with Gasteiger partial charge in [-0.05, 0) is 19.4 Å². The van der Waals surface area contributed by atoms with Gasteiger partial charge >= 0.3 is 6.18 Å². The number of aromatic nitrogens is 4. The average molecular weight is 314 g/mol. The highest BCUT2D eigenvalue weighted by Crippen LogP contribution is 2.28. The van der Waals surface area contributed by atoms with Crippen LogP contribution in [-0.2, 0) is 19.1 Å². The number of anilines is 2. The number of nitrogens with zero attached hydrogens (tertiary/aromatic N) is 4. The molecule has 0 atom stereocenters. The summed E-state index contributed by atoms with van der Waals surface area (Å²) in [5.74, 6) is 0.741. The van der Waals surface area contributed by atoms with Gasteiger partial charge in [0, 0.05) is 24.0 Å². The summed E-state index contributed by atoms with van der Waals surface area (Å²) in [5.41, 5.74) is 5.99. The molecular weight excluding hydrogens is 297 g/mol. The number of rotatable bonds is 5. The molecule has 0 unspecified atom stereocenters. The van der Waals surface area contributed by atoms with Crippen molar-refractivity contribution in [1.82, 2.24) is 19.7 Å². The van der Waals surface area contributed by atoms with Crippen molar-refractivity contribution in [3.05, 3.63) is 29.2 Å². The topological polar surface area (TPSA) is 81.6 Å². The number of hydrogen-bond acceptors (Lipinski definition) is 5. The van der Waals surface area contributed by atoms with E-state index < -0.39 is 11.9 Å². The van der Waals surface area contributed by atoms with Gasteiger partial charge in [0.25, 0.3) is 0 Å². The Morgan fingerprint density at radius 3 is 2.68 bits per heavy atom. The van der Waals surface area contributed by atoms with Crippen molar-refractivity contribution in [3.63, 3.8) is 0 Å². The SMILES string of the molecule is CCc1cnc(N)nc1NCCn1nc(C(F)(F)F)cc1C. The molecule has 0 fully saturated rings. The zero-order chi connectivity index (χ0) is 16.3. The van der Waals surface area contributed by atoms with Crippen LogP contribution in [0, 0.1) is 6.92 Å². The molecule has 22 heavy (non-hydrogen) atoms. The quantitative estimate of drug-likeness (QED) is 0.884. The fraction of sp³-hybridized carbons (Fsp3) is 0.462. The van der Waals surface area contributed by atoms with E-state index in [9.17, 15) is 13.2 Å². The van der Waals surface area contributed by atoms with Crippen LogP contribution in [0.2, 0.25) is 0 Å². The van der Waals surface area contributed by atoms with Crippen LogP contribution in [0.4, 0.5) is 24.9 Å². The second-order valence-electron chi connectivity index (χ2n) is 4.77. The molecule has 2 heterocycles. The lowest BCUT2D eigenvalue weighted by Crippen LogP contribution is -2.16. The lowest BCUT2D eigenvalue weighted by Gasteiger charge is -2.10. The van der Waals surface area contributed by atoms with Gasteiger partial charge in [-0.1, -0.05) is 6.92 Å². The predicted octanol–water partition coefficient (Wildman–Crippen LogP) is 2.26. The molecule has 2 aromatic heterocycles. The summed E-state index contributed by atoms with van der Waals surface area (Å²) < 4.78 is 39.1. The zero-order valence-electron chi connectivity index (χ0n) is 12.3. The van der Waals surface area contributed by atoms with Crippen molar-refractivity contribution in [2.75, 3.05) is 17.6 Å². The van der Waals surface area contributed by atoms with E-state index in [0.717, 1.165) is 18.1 Å². The Bertz CT molecular complexity index is 650. The molecule has 2 aromatic rings. The van der Waals surface area contributed by atoms with E-state index in [2.05, 4.69) is 20.4 Å². The molecule has 0 aliphatic rings. The molecule has 0 radical (unpaired) electrons. The number of aryl methyl sites for hydroxylation is 2. The molecule has 2 rings (SSSR count). The highest BCUT2D eigenvalue weighted by atomic mass is 19.4. The van der Waals surface area contributed by atoms with Crippen LogP contribution in [0.1, 0.15) is 23.9 Å². The zero-order valence-corrected chi connectivity index (χ0v) is 12.3. The molecule has 0 spiro atoms. The van der Waals surface area contributed by atoms with Crippen molar-refractivity contribution < 1.29 is 13.2 Å². The van der Waals surface area contributed by atoms with Crippen LogP contribution < -0.4 is 11.1 Å². The first-order valence-corrected chi connectivity index (χ1v) is 6.78. The fourth-order valence-corrected chi connectivity index (χ4v) is 1.99. The Kier molecular flexibility index (Phi) is 4.53. The Morgan fingerprint density at radius 1 is 1.36 bits per heavy atom. The lowest BCUT2D eigenvalue weighted by molar-refractivity contribution is -0.141. The summed E-state index contributed by atoms with van der Waals surface area (Å²) in [6.07, 6.45) is -2.08. The van der Waals surface area contributed by atoms with Gasteiger partial charge in [-0.15, -0.1) is 0 Å². The Labute approximate surface area is 125 Å². The van der Waals surface area contributed by atoms with E-state index in [4.69, 9.17) is 5.73 Å². The van der Waals surface area contributed by atoms with E-state index in [0.29, 0.717) is 18.1 Å². The maximum Gasteiger partial charge on any atom is 0.435 e. The summed E-state index contributed by atoms with van der Waals surface area (Å²) >= 11 is 0. The first-order chi connectivity index (χ1) is 10.3. The van der Waals surface area contributed by atoms with Gasteiger partial charge in [-0.2, -0.15) is 23.3 Å². The van der Waals surface area contributed by atoms with Crippen LogP contribution in [0.25, 0.3) is 0 Å². The van der Waals surface area contributed by atoms with E-state index >= 15 is 0 Å². The maximum atomic E-state index is 12.6. The summed E-state index contributed by atoms with van der Waals surface area (Å²) in [6.45, 7) is 4.20. The summed E-state index contributed by atoms with van der Waals surface area (Å²) in [4.78, 5) is 7.99. The van der Waals surface area contributed by atoms with Crippen molar-refractivity contribution in [3.8, 4) is 0 Å². The molecule has 0 aliphatic carbocycles. The van der Waals surface area contributed by atoms with Crippen LogP contribution in [0.15, 0.2) is 12.3 Å². The molecule has 0 amide bonds. The van der Waals surface area contributed by atoms with Gasteiger partial charge in [-0.3, -0.25) is 4.68 Å². The van der Waals surface area contributed by atoms with E-state index in [-0.39, 0.29) is 12.5 Å². The van der Waals surface area contributed by atoms with Gasteiger partial charge in [0.1, 0.15) is 5.82 Å². The third kappa shape index (κ3) is 3.66. The van der Waals surface area contributed by atoms with Crippen molar-refractivity contribution in [2.24, 2.45) is 0 Å². The maximum absolute atomic E-state index is 12.6. The van der Waals surface area contributed by atoms with Gasteiger partial charge in [0.2, 0.25) is 5.95 Å². The second kappa shape index (κ2) is 6.20. The van der Waals surface area contributed by atoms with Gasteiger partial charge in [-0.25, -0.2) is 4.98 Å². The number of nitrogens with two attached hydrogens (primary N) is 1. The molecule has 120 valence electrons. The summed E-state index contributed by atoms with van der Waals surface area (Å²) in [5, 5.41) is 6.62. The van der Waals surface area contributed by atoms with Gasteiger partial charge in [0.05, 0.1) is 6.54 Å². The molecule has 3 N–H and O–H groups in total. The van der Waals surface area contributed by atoms with E-state index in [1.165, 1.54) is 4.68 Å². The Morgan fingerprint density at radius 2 is 2.09 bits per heavy atom. The fourth-order valence-electron chi connectivity index (χ4n) is 1.99. The number of nitrogen functional groups attached to an aromatic ring is 1. The first-order valence-electron chi connectivity index (χ1n) is 6.78. The Hall–Kier alpha value is -2.32. The minimum Gasteiger partial charge on any atom is -0.368 e. The normalized spacial score (nSPS) is 11.7. The van der Waals surface area contributed by atoms with Crippen LogP contribution in [0.5, 0.6) is 0 Å². The monoisotopic (exact) mass is 314 g/mol. The second-order valence-corrected chi connectivity index (χ2v) is 4.77. The minimum atomic E-state index is -4.43. The molecule has 0 saturated heterocycles. The van der Waals surface area contributed by atoms with Gasteiger partial charge in [0.15, 0.2) is 5.69 Å². The molecular formula is C13H17F3N6. The van der Waals surface area contributed by atoms with Crippen molar-refractivity contribution in [2.45, 2.75) is 33.0 Å². The third-order valence-electron chi connectivity index (χ3n) is 3.15. The first kappa shape index (κ1) is 16.1. The molecule has 0 saturated carbocycles. The molecule has 0 aliphatic heterocycles. The number of halogens is 3. The smallest absolute Gasteiger partial charge is 0.368 e. The number of hydrogen-bond donors (Lipinski definition) is 2. The van der Waals surface area contributed by atoms with E-state index in [1.807, 2.05) is 6.92 Å². The van der Waals surface area contributed by atoms with Crippen LogP contribution in [0.3, 0.4) is 0 Å². The van der Waals surface area contributed by atoms with Gasteiger partial charge < -0.3 is 11.1 Å². The van der Waals surface area contributed by atoms with Crippen LogP contribution in [-0.4, -0.2) is 26.3 Å².